The van der Waals surface area contributed by atoms with Crippen molar-refractivity contribution in [1.82, 2.24) is 0 Å². The van der Waals surface area contributed by atoms with Crippen molar-refractivity contribution in [3.05, 3.63) is 11.1 Å². The molecule has 0 aromatic rings. The maximum atomic E-state index is 9.47. The van der Waals surface area contributed by atoms with E-state index in [0.717, 1.165) is 30.1 Å². The summed E-state index contributed by atoms with van der Waals surface area (Å²) in [5, 5.41) is 9.47. The molecule has 0 saturated heterocycles. The van der Waals surface area contributed by atoms with Crippen molar-refractivity contribution < 1.29 is 5.11 Å². The Morgan fingerprint density at radius 3 is 2.43 bits per heavy atom. The van der Waals surface area contributed by atoms with Crippen LogP contribution in [0.1, 0.15) is 118 Å². The second-order valence-corrected chi connectivity index (χ2v) is 12.7. The summed E-state index contributed by atoms with van der Waals surface area (Å²) in [6.07, 6.45) is 18.3. The first-order chi connectivity index (χ1) is 14.3. The molecular formula is C29H50O. The number of aliphatic hydroxyl groups is 1. The van der Waals surface area contributed by atoms with E-state index in [1.165, 1.54) is 77.0 Å². The maximum Gasteiger partial charge on any atom is 0.0433 e. The smallest absolute Gasteiger partial charge is 0.0433 e. The highest BCUT2D eigenvalue weighted by Gasteiger charge is 2.55. The van der Waals surface area contributed by atoms with Crippen molar-refractivity contribution in [2.45, 2.75) is 118 Å². The molecule has 4 aliphatic carbocycles. The monoisotopic (exact) mass is 414 g/mol. The molecule has 4 aliphatic rings. The molecule has 0 aromatic heterocycles. The normalized spacial score (nSPS) is 40.7. The Hall–Kier alpha value is -0.300. The molecule has 30 heavy (non-hydrogen) atoms. The summed E-state index contributed by atoms with van der Waals surface area (Å²) < 4.78 is 0. The van der Waals surface area contributed by atoms with Crippen LogP contribution in [0, 0.1) is 46.3 Å². The minimum Gasteiger partial charge on any atom is -0.396 e. The van der Waals surface area contributed by atoms with Crippen molar-refractivity contribution >= 4 is 0 Å². The van der Waals surface area contributed by atoms with Gasteiger partial charge in [0.25, 0.3) is 0 Å². The van der Waals surface area contributed by atoms with Gasteiger partial charge in [0.15, 0.2) is 0 Å². The Bertz CT molecular complexity index is 632. The summed E-state index contributed by atoms with van der Waals surface area (Å²) in [4.78, 5) is 0. The number of allylic oxidation sites excluding steroid dienone is 2. The van der Waals surface area contributed by atoms with Crippen LogP contribution in [-0.4, -0.2) is 11.7 Å². The van der Waals surface area contributed by atoms with Gasteiger partial charge in [-0.3, -0.25) is 0 Å². The average molecular weight is 415 g/mol. The molecule has 1 unspecified atom stereocenters. The topological polar surface area (TPSA) is 20.2 Å². The lowest BCUT2D eigenvalue weighted by Crippen LogP contribution is -2.43. The SMILES string of the molecule is CC(C)[C@H](CCO)CC[C@@H](C)[C@H]1CC[C@H]2C3=C(CC[C@]12C)[C@@]1(C)CCCCC1CC3. The summed E-state index contributed by atoms with van der Waals surface area (Å²) in [6.45, 7) is 13.0. The van der Waals surface area contributed by atoms with Crippen LogP contribution in [-0.2, 0) is 0 Å². The van der Waals surface area contributed by atoms with E-state index in [1.807, 2.05) is 11.1 Å². The minimum absolute atomic E-state index is 0.358. The molecule has 0 aliphatic heterocycles. The van der Waals surface area contributed by atoms with Gasteiger partial charge in [0.1, 0.15) is 0 Å². The molecule has 1 nitrogen and oxygen atoms in total. The van der Waals surface area contributed by atoms with E-state index in [9.17, 15) is 5.11 Å². The molecule has 1 heteroatoms. The van der Waals surface area contributed by atoms with E-state index in [-0.39, 0.29) is 0 Å². The van der Waals surface area contributed by atoms with Gasteiger partial charge in [0.2, 0.25) is 0 Å². The van der Waals surface area contributed by atoms with Crippen LogP contribution >= 0.6 is 0 Å². The molecule has 2 fully saturated rings. The third-order valence-electron chi connectivity index (χ3n) is 11.1. The van der Waals surface area contributed by atoms with E-state index >= 15 is 0 Å². The Labute approximate surface area is 187 Å². The fourth-order valence-corrected chi connectivity index (χ4v) is 9.12. The summed E-state index contributed by atoms with van der Waals surface area (Å²) in [5.41, 5.74) is 5.06. The zero-order valence-corrected chi connectivity index (χ0v) is 20.8. The predicted octanol–water partition coefficient (Wildman–Crippen LogP) is 8.17. The molecule has 0 bridgehead atoms. The van der Waals surface area contributed by atoms with Crippen molar-refractivity contribution in [1.29, 1.82) is 0 Å². The molecule has 0 aromatic carbocycles. The summed E-state index contributed by atoms with van der Waals surface area (Å²) in [7, 11) is 0. The molecule has 1 N–H and O–H groups in total. The second-order valence-electron chi connectivity index (χ2n) is 12.7. The highest BCUT2D eigenvalue weighted by Crippen LogP contribution is 2.66. The quantitative estimate of drug-likeness (QED) is 0.416. The second kappa shape index (κ2) is 8.92. The minimum atomic E-state index is 0.358. The first-order valence-electron chi connectivity index (χ1n) is 13.6. The number of hydrogen-bond donors (Lipinski definition) is 1. The third-order valence-corrected chi connectivity index (χ3v) is 11.1. The lowest BCUT2D eigenvalue weighted by Gasteiger charge is -2.54. The maximum absolute atomic E-state index is 9.47. The van der Waals surface area contributed by atoms with Crippen LogP contribution in [0.5, 0.6) is 0 Å². The van der Waals surface area contributed by atoms with Crippen molar-refractivity contribution in [3.8, 4) is 0 Å². The molecule has 0 radical (unpaired) electrons. The van der Waals surface area contributed by atoms with Crippen LogP contribution in [0.2, 0.25) is 0 Å². The first kappa shape index (κ1) is 22.9. The molecule has 4 rings (SSSR count). The summed E-state index contributed by atoms with van der Waals surface area (Å²) in [5.74, 6) is 5.03. The van der Waals surface area contributed by atoms with Crippen LogP contribution in [0.25, 0.3) is 0 Å². The van der Waals surface area contributed by atoms with Gasteiger partial charge in [-0.2, -0.15) is 0 Å². The van der Waals surface area contributed by atoms with E-state index in [1.54, 1.807) is 0 Å². The number of rotatable bonds is 7. The Morgan fingerprint density at radius 1 is 0.900 bits per heavy atom. The van der Waals surface area contributed by atoms with Gasteiger partial charge in [0, 0.05) is 6.61 Å². The summed E-state index contributed by atoms with van der Waals surface area (Å²) >= 11 is 0. The van der Waals surface area contributed by atoms with Crippen LogP contribution in [0.3, 0.4) is 0 Å². The fourth-order valence-electron chi connectivity index (χ4n) is 9.12. The van der Waals surface area contributed by atoms with Crippen molar-refractivity contribution in [2.75, 3.05) is 6.61 Å². The van der Waals surface area contributed by atoms with Crippen LogP contribution < -0.4 is 0 Å². The molecular weight excluding hydrogens is 364 g/mol. The highest BCUT2D eigenvalue weighted by molar-refractivity contribution is 5.34. The van der Waals surface area contributed by atoms with Gasteiger partial charge in [-0.15, -0.1) is 0 Å². The molecule has 0 heterocycles. The molecule has 0 spiro atoms. The van der Waals surface area contributed by atoms with Crippen molar-refractivity contribution in [2.24, 2.45) is 46.3 Å². The third kappa shape index (κ3) is 3.84. The fraction of sp³-hybridized carbons (Fsp3) is 0.931. The number of aliphatic hydroxyl groups excluding tert-OH is 1. The lowest BCUT2D eigenvalue weighted by atomic mass is 9.50. The number of fused-ring (bicyclic) bond motifs is 4. The van der Waals surface area contributed by atoms with Crippen molar-refractivity contribution in [3.63, 3.8) is 0 Å². The Balaban J connectivity index is 1.48. The predicted molar refractivity (Wildman–Crippen MR) is 128 cm³/mol. The lowest BCUT2D eigenvalue weighted by molar-refractivity contribution is 0.0642. The van der Waals surface area contributed by atoms with E-state index < -0.39 is 0 Å². The highest BCUT2D eigenvalue weighted by atomic mass is 16.3. The Morgan fingerprint density at radius 2 is 1.70 bits per heavy atom. The van der Waals surface area contributed by atoms with Gasteiger partial charge in [-0.1, -0.05) is 65.0 Å². The molecule has 172 valence electrons. The van der Waals surface area contributed by atoms with Gasteiger partial charge < -0.3 is 5.11 Å². The first-order valence-corrected chi connectivity index (χ1v) is 13.6. The van der Waals surface area contributed by atoms with Gasteiger partial charge in [-0.05, 0) is 111 Å². The van der Waals surface area contributed by atoms with Gasteiger partial charge in [0.05, 0.1) is 0 Å². The average Bonchev–Trinajstić information content (AvgIpc) is 3.07. The van der Waals surface area contributed by atoms with Crippen LogP contribution in [0.15, 0.2) is 11.1 Å². The van der Waals surface area contributed by atoms with Gasteiger partial charge >= 0.3 is 0 Å². The van der Waals surface area contributed by atoms with E-state index in [2.05, 4.69) is 34.6 Å². The molecule has 0 amide bonds. The molecule has 2 saturated carbocycles. The summed E-state index contributed by atoms with van der Waals surface area (Å²) in [6, 6.07) is 0. The molecule has 7 atom stereocenters. The largest absolute Gasteiger partial charge is 0.396 e. The zero-order valence-electron chi connectivity index (χ0n) is 20.8. The van der Waals surface area contributed by atoms with E-state index in [0.29, 0.717) is 29.3 Å². The number of hydrogen-bond acceptors (Lipinski definition) is 1. The zero-order chi connectivity index (χ0) is 21.5. The van der Waals surface area contributed by atoms with E-state index in [4.69, 9.17) is 0 Å². The van der Waals surface area contributed by atoms with Gasteiger partial charge in [-0.25, -0.2) is 0 Å². The standard InChI is InChI=1S/C29H50O/c1-20(2)22(16-19-30)10-9-21(3)25-13-14-26-24-12-11-23-8-6-7-17-28(23,4)27(24)15-18-29(25,26)5/h20-23,25-26,30H,6-19H2,1-5H3/t21-,22+,23?,25-,26+,28+,29-/m1/s1. The van der Waals surface area contributed by atoms with Crippen LogP contribution in [0.4, 0.5) is 0 Å². The Kier molecular flexibility index (Phi) is 6.80.